The summed E-state index contributed by atoms with van der Waals surface area (Å²) in [4.78, 5) is 19.2. The van der Waals surface area contributed by atoms with E-state index in [1.54, 1.807) is 6.20 Å². The second-order valence-electron chi connectivity index (χ2n) is 7.36. The fourth-order valence-corrected chi connectivity index (χ4v) is 3.24. The molecule has 0 atom stereocenters. The molecule has 0 spiro atoms. The summed E-state index contributed by atoms with van der Waals surface area (Å²) in [6.07, 6.45) is 2.61. The van der Waals surface area contributed by atoms with E-state index in [-0.39, 0.29) is 5.91 Å². The SMILES string of the molecule is CCCOc1ncccc1CNC(=O)c1cccc(CN(C)Cc2ccccc2)c1. The Balaban J connectivity index is 1.58. The smallest absolute Gasteiger partial charge is 0.251 e. The third-order valence-electron chi connectivity index (χ3n) is 4.67. The summed E-state index contributed by atoms with van der Waals surface area (Å²) < 4.78 is 5.67. The number of rotatable bonds is 10. The lowest BCUT2D eigenvalue weighted by Crippen LogP contribution is -2.24. The lowest BCUT2D eigenvalue weighted by Gasteiger charge is -2.17. The van der Waals surface area contributed by atoms with Crippen LogP contribution in [0.25, 0.3) is 0 Å². The predicted octanol–water partition coefficient (Wildman–Crippen LogP) is 4.43. The first-order valence-corrected chi connectivity index (χ1v) is 10.3. The van der Waals surface area contributed by atoms with E-state index in [1.165, 1.54) is 5.56 Å². The van der Waals surface area contributed by atoms with Crippen molar-refractivity contribution in [3.05, 3.63) is 95.2 Å². The Morgan fingerprint density at radius 2 is 1.77 bits per heavy atom. The van der Waals surface area contributed by atoms with Gasteiger partial charge in [0.05, 0.1) is 6.61 Å². The van der Waals surface area contributed by atoms with Crippen LogP contribution in [0.5, 0.6) is 5.88 Å². The number of benzene rings is 2. The number of nitrogens with zero attached hydrogens (tertiary/aromatic N) is 2. The quantitative estimate of drug-likeness (QED) is 0.544. The molecule has 1 amide bonds. The van der Waals surface area contributed by atoms with Gasteiger partial charge in [0.25, 0.3) is 5.91 Å². The summed E-state index contributed by atoms with van der Waals surface area (Å²) in [5.41, 5.74) is 3.90. The fraction of sp³-hybridized carbons (Fsp3) is 0.280. The first kappa shape index (κ1) is 21.5. The van der Waals surface area contributed by atoms with Gasteiger partial charge in [-0.1, -0.05) is 55.5 Å². The van der Waals surface area contributed by atoms with E-state index in [2.05, 4.69) is 59.5 Å². The number of hydrogen-bond acceptors (Lipinski definition) is 4. The second kappa shape index (κ2) is 11.1. The van der Waals surface area contributed by atoms with Crippen molar-refractivity contribution in [2.75, 3.05) is 13.7 Å². The molecule has 3 aromatic rings. The van der Waals surface area contributed by atoms with Crippen LogP contribution < -0.4 is 10.1 Å². The number of nitrogens with one attached hydrogen (secondary N) is 1. The molecule has 0 aliphatic carbocycles. The Labute approximate surface area is 178 Å². The van der Waals surface area contributed by atoms with Gasteiger partial charge < -0.3 is 10.1 Å². The highest BCUT2D eigenvalue weighted by Gasteiger charge is 2.10. The lowest BCUT2D eigenvalue weighted by atomic mass is 10.1. The molecule has 1 aromatic heterocycles. The number of pyridine rings is 1. The molecule has 3 rings (SSSR count). The second-order valence-corrected chi connectivity index (χ2v) is 7.36. The minimum atomic E-state index is -0.104. The average molecular weight is 404 g/mol. The molecule has 0 saturated heterocycles. The molecule has 1 N–H and O–H groups in total. The molecule has 1 heterocycles. The standard InChI is InChI=1S/C25H29N3O2/c1-3-15-30-25-23(13-8-14-26-25)17-27-24(29)22-12-7-11-21(16-22)19-28(2)18-20-9-5-4-6-10-20/h4-14,16H,3,15,17-19H2,1-2H3,(H,27,29). The van der Waals surface area contributed by atoms with E-state index >= 15 is 0 Å². The number of aromatic nitrogens is 1. The summed E-state index contributed by atoms with van der Waals surface area (Å²) >= 11 is 0. The van der Waals surface area contributed by atoms with Gasteiger partial charge in [0.1, 0.15) is 0 Å². The Bertz CT molecular complexity index is 944. The van der Waals surface area contributed by atoms with Crippen LogP contribution in [0.4, 0.5) is 0 Å². The minimum absolute atomic E-state index is 0.104. The molecule has 0 bridgehead atoms. The van der Waals surface area contributed by atoms with Gasteiger partial charge in [-0.05, 0) is 42.8 Å². The molecule has 0 radical (unpaired) electrons. The number of hydrogen-bond donors (Lipinski definition) is 1. The zero-order chi connectivity index (χ0) is 21.2. The highest BCUT2D eigenvalue weighted by molar-refractivity contribution is 5.94. The Morgan fingerprint density at radius 1 is 1.00 bits per heavy atom. The molecule has 0 aliphatic rings. The van der Waals surface area contributed by atoms with E-state index in [1.807, 2.05) is 36.4 Å². The van der Waals surface area contributed by atoms with Gasteiger partial charge in [0.15, 0.2) is 0 Å². The molecule has 5 nitrogen and oxygen atoms in total. The first-order valence-electron chi connectivity index (χ1n) is 10.3. The van der Waals surface area contributed by atoms with Crippen molar-refractivity contribution in [2.45, 2.75) is 33.0 Å². The molecular weight excluding hydrogens is 374 g/mol. The molecular formula is C25H29N3O2. The van der Waals surface area contributed by atoms with Gasteiger partial charge >= 0.3 is 0 Å². The average Bonchev–Trinajstić information content (AvgIpc) is 2.77. The third-order valence-corrected chi connectivity index (χ3v) is 4.67. The van der Waals surface area contributed by atoms with Crippen molar-refractivity contribution in [1.29, 1.82) is 0 Å². The lowest BCUT2D eigenvalue weighted by molar-refractivity contribution is 0.0950. The first-order chi connectivity index (χ1) is 14.7. The van der Waals surface area contributed by atoms with Crippen molar-refractivity contribution in [2.24, 2.45) is 0 Å². The molecule has 156 valence electrons. The Hall–Kier alpha value is -3.18. The van der Waals surface area contributed by atoms with Crippen LogP contribution in [-0.4, -0.2) is 29.4 Å². The van der Waals surface area contributed by atoms with Crippen molar-refractivity contribution in [1.82, 2.24) is 15.2 Å². The highest BCUT2D eigenvalue weighted by Crippen LogP contribution is 2.15. The molecule has 0 saturated carbocycles. The van der Waals surface area contributed by atoms with Gasteiger partial charge in [-0.3, -0.25) is 9.69 Å². The van der Waals surface area contributed by atoms with Gasteiger partial charge in [-0.2, -0.15) is 0 Å². The molecule has 0 fully saturated rings. The van der Waals surface area contributed by atoms with Crippen LogP contribution in [0.15, 0.2) is 72.9 Å². The number of carbonyl (C=O) groups excluding carboxylic acids is 1. The van der Waals surface area contributed by atoms with Crippen LogP contribution in [0, 0.1) is 0 Å². The zero-order valence-electron chi connectivity index (χ0n) is 17.7. The molecule has 2 aromatic carbocycles. The van der Waals surface area contributed by atoms with Gasteiger partial charge in [-0.15, -0.1) is 0 Å². The molecule has 0 unspecified atom stereocenters. The topological polar surface area (TPSA) is 54.5 Å². The number of carbonyl (C=O) groups is 1. The van der Waals surface area contributed by atoms with Gasteiger partial charge in [0.2, 0.25) is 5.88 Å². The van der Waals surface area contributed by atoms with Gasteiger partial charge in [0, 0.05) is 37.0 Å². The summed E-state index contributed by atoms with van der Waals surface area (Å²) in [6, 6.07) is 21.9. The fourth-order valence-electron chi connectivity index (χ4n) is 3.24. The van der Waals surface area contributed by atoms with Crippen LogP contribution in [0.3, 0.4) is 0 Å². The number of amides is 1. The van der Waals surface area contributed by atoms with Crippen molar-refractivity contribution in [3.63, 3.8) is 0 Å². The van der Waals surface area contributed by atoms with Crippen LogP contribution >= 0.6 is 0 Å². The number of ether oxygens (including phenoxy) is 1. The van der Waals surface area contributed by atoms with Crippen LogP contribution in [-0.2, 0) is 19.6 Å². The van der Waals surface area contributed by atoms with E-state index in [0.717, 1.165) is 30.6 Å². The van der Waals surface area contributed by atoms with Crippen molar-refractivity contribution in [3.8, 4) is 5.88 Å². The minimum Gasteiger partial charge on any atom is -0.477 e. The summed E-state index contributed by atoms with van der Waals surface area (Å²) in [5.74, 6) is 0.476. The Kier molecular flexibility index (Phi) is 7.98. The van der Waals surface area contributed by atoms with Crippen LogP contribution in [0.2, 0.25) is 0 Å². The maximum atomic E-state index is 12.7. The molecule has 5 heteroatoms. The van der Waals surface area contributed by atoms with E-state index in [9.17, 15) is 4.79 Å². The molecule has 0 aliphatic heterocycles. The predicted molar refractivity (Wildman–Crippen MR) is 119 cm³/mol. The monoisotopic (exact) mass is 403 g/mol. The third kappa shape index (κ3) is 6.42. The highest BCUT2D eigenvalue weighted by atomic mass is 16.5. The Morgan fingerprint density at radius 3 is 2.57 bits per heavy atom. The maximum Gasteiger partial charge on any atom is 0.251 e. The maximum absolute atomic E-state index is 12.7. The van der Waals surface area contributed by atoms with Crippen molar-refractivity contribution >= 4 is 5.91 Å². The summed E-state index contributed by atoms with van der Waals surface area (Å²) in [5, 5.41) is 2.98. The van der Waals surface area contributed by atoms with Gasteiger partial charge in [-0.25, -0.2) is 4.98 Å². The van der Waals surface area contributed by atoms with E-state index < -0.39 is 0 Å². The normalized spacial score (nSPS) is 10.8. The summed E-state index contributed by atoms with van der Waals surface area (Å²) in [6.45, 7) is 4.67. The van der Waals surface area contributed by atoms with Crippen LogP contribution in [0.1, 0.15) is 40.4 Å². The molecule has 30 heavy (non-hydrogen) atoms. The summed E-state index contributed by atoms with van der Waals surface area (Å²) in [7, 11) is 2.08. The zero-order valence-corrected chi connectivity index (χ0v) is 17.7. The van der Waals surface area contributed by atoms with Crippen molar-refractivity contribution < 1.29 is 9.53 Å². The van der Waals surface area contributed by atoms with E-state index in [0.29, 0.717) is 24.6 Å². The van der Waals surface area contributed by atoms with E-state index in [4.69, 9.17) is 4.74 Å². The largest absolute Gasteiger partial charge is 0.477 e.